The quantitative estimate of drug-likeness (QED) is 0.729. The first-order chi connectivity index (χ1) is 13.6. The number of hydrogen-bond acceptors (Lipinski definition) is 5. The topological polar surface area (TPSA) is 105 Å². The second-order valence-corrected chi connectivity index (χ2v) is 7.33. The molecule has 1 fully saturated rings. The lowest BCUT2D eigenvalue weighted by Gasteiger charge is -2.35. The van der Waals surface area contributed by atoms with Crippen LogP contribution in [0.2, 0.25) is 0 Å². The van der Waals surface area contributed by atoms with Gasteiger partial charge in [-0.15, -0.1) is 0 Å². The van der Waals surface area contributed by atoms with Crippen molar-refractivity contribution in [1.82, 2.24) is 15.3 Å². The van der Waals surface area contributed by atoms with Gasteiger partial charge in [0.05, 0.1) is 11.3 Å². The monoisotopic (exact) mass is 407 g/mol. The fraction of sp³-hybridized carbons (Fsp3) is 0.500. The minimum Gasteiger partial charge on any atom is -0.352 e. The fourth-order valence-corrected chi connectivity index (χ4v) is 3.66. The van der Waals surface area contributed by atoms with Crippen LogP contribution in [0.1, 0.15) is 44.5 Å². The summed E-state index contributed by atoms with van der Waals surface area (Å²) in [4.78, 5) is 20.5. The second-order valence-electron chi connectivity index (χ2n) is 7.33. The number of allylic oxidation sites excluding steroid dienone is 3. The number of aromatic nitrogens is 2. The molecule has 1 aliphatic carbocycles. The number of halogens is 3. The van der Waals surface area contributed by atoms with Gasteiger partial charge in [-0.2, -0.15) is 18.4 Å². The molecule has 0 spiro atoms. The van der Waals surface area contributed by atoms with Crippen LogP contribution in [0, 0.1) is 23.2 Å². The number of carbonyl (C=O) groups is 1. The van der Waals surface area contributed by atoms with Crippen molar-refractivity contribution < 1.29 is 18.0 Å². The molecular formula is C20H24F3N5O. The molecular weight excluding hydrogens is 383 g/mol. The molecule has 29 heavy (non-hydrogen) atoms. The Morgan fingerprint density at radius 1 is 1.34 bits per heavy atom. The Balaban J connectivity index is 2.21. The molecule has 1 saturated carbocycles. The van der Waals surface area contributed by atoms with Crippen molar-refractivity contribution in [3.05, 3.63) is 36.4 Å². The summed E-state index contributed by atoms with van der Waals surface area (Å²) in [6, 6.07) is -0.938. The van der Waals surface area contributed by atoms with Gasteiger partial charge >= 0.3 is 6.18 Å². The summed E-state index contributed by atoms with van der Waals surface area (Å²) in [7, 11) is 0. The van der Waals surface area contributed by atoms with E-state index >= 15 is 0 Å². The number of alkyl halides is 3. The van der Waals surface area contributed by atoms with E-state index in [9.17, 15) is 23.2 Å². The number of carbonyl (C=O) groups excluding carboxylic acids is 1. The summed E-state index contributed by atoms with van der Waals surface area (Å²) >= 11 is 0. The van der Waals surface area contributed by atoms with E-state index in [4.69, 9.17) is 5.73 Å². The number of hydrogen-bond donors (Lipinski definition) is 2. The Morgan fingerprint density at radius 3 is 2.52 bits per heavy atom. The summed E-state index contributed by atoms with van der Waals surface area (Å²) in [6.07, 6.45) is 1.53. The lowest BCUT2D eigenvalue weighted by Crippen LogP contribution is -2.53. The smallest absolute Gasteiger partial charge is 0.352 e. The predicted molar refractivity (Wildman–Crippen MR) is 103 cm³/mol. The summed E-state index contributed by atoms with van der Waals surface area (Å²) in [5.41, 5.74) is 6.91. The van der Waals surface area contributed by atoms with Crippen molar-refractivity contribution in [3.8, 4) is 6.07 Å². The van der Waals surface area contributed by atoms with E-state index < -0.39 is 24.2 Å². The maximum Gasteiger partial charge on any atom is 0.412 e. The number of nitrogens with zero attached hydrogens (tertiary/aromatic N) is 3. The fourth-order valence-electron chi connectivity index (χ4n) is 3.66. The van der Waals surface area contributed by atoms with E-state index in [1.165, 1.54) is 12.4 Å². The molecule has 0 radical (unpaired) electrons. The van der Waals surface area contributed by atoms with Crippen LogP contribution < -0.4 is 11.1 Å². The van der Waals surface area contributed by atoms with Crippen LogP contribution in [0.25, 0.3) is 11.1 Å². The minimum atomic E-state index is -4.79. The van der Waals surface area contributed by atoms with Gasteiger partial charge < -0.3 is 11.1 Å². The van der Waals surface area contributed by atoms with Crippen LogP contribution in [0.5, 0.6) is 0 Å². The van der Waals surface area contributed by atoms with Crippen LogP contribution in [0.3, 0.4) is 0 Å². The number of rotatable bonds is 5. The van der Waals surface area contributed by atoms with Gasteiger partial charge in [-0.25, -0.2) is 0 Å². The molecule has 4 atom stereocenters. The molecule has 2 rings (SSSR count). The van der Waals surface area contributed by atoms with Crippen LogP contribution >= 0.6 is 0 Å². The average molecular weight is 407 g/mol. The number of amides is 1. The van der Waals surface area contributed by atoms with Gasteiger partial charge in [-0.3, -0.25) is 14.8 Å². The lowest BCUT2D eigenvalue weighted by atomic mass is 9.75. The summed E-state index contributed by atoms with van der Waals surface area (Å²) in [5, 5.41) is 11.8. The van der Waals surface area contributed by atoms with E-state index in [1.54, 1.807) is 13.0 Å². The normalized spacial score (nSPS) is 23.8. The SMILES string of the molecule is C=C(c1nccnc1/C(C#N)=C\C)[C@H]1C[C@@H](C)C[C@@H](NC(=O)[C@@H](N)C(F)(F)F)C1. The van der Waals surface area contributed by atoms with Crippen molar-refractivity contribution in [3.63, 3.8) is 0 Å². The maximum absolute atomic E-state index is 12.7. The molecule has 6 nitrogen and oxygen atoms in total. The van der Waals surface area contributed by atoms with Gasteiger partial charge in [0, 0.05) is 18.4 Å². The molecule has 1 heterocycles. The van der Waals surface area contributed by atoms with E-state index in [2.05, 4.69) is 27.9 Å². The van der Waals surface area contributed by atoms with Crippen molar-refractivity contribution in [2.75, 3.05) is 0 Å². The first-order valence-corrected chi connectivity index (χ1v) is 9.28. The van der Waals surface area contributed by atoms with Crippen LogP contribution in [-0.4, -0.2) is 34.1 Å². The van der Waals surface area contributed by atoms with Crippen molar-refractivity contribution in [1.29, 1.82) is 5.26 Å². The molecule has 0 bridgehead atoms. The third-order valence-electron chi connectivity index (χ3n) is 5.08. The van der Waals surface area contributed by atoms with Crippen LogP contribution in [-0.2, 0) is 4.79 Å². The molecule has 3 N–H and O–H groups in total. The van der Waals surface area contributed by atoms with Gasteiger partial charge in [-0.1, -0.05) is 19.6 Å². The second kappa shape index (κ2) is 9.18. The van der Waals surface area contributed by atoms with Crippen molar-refractivity contribution in [2.45, 2.75) is 51.4 Å². The van der Waals surface area contributed by atoms with E-state index in [0.29, 0.717) is 35.4 Å². The lowest BCUT2D eigenvalue weighted by molar-refractivity contribution is -0.163. The highest BCUT2D eigenvalue weighted by Crippen LogP contribution is 2.38. The van der Waals surface area contributed by atoms with Gasteiger partial charge in [0.1, 0.15) is 11.8 Å². The Kier molecular flexibility index (Phi) is 7.14. The number of nitrogens with one attached hydrogen (secondary N) is 1. The zero-order chi connectivity index (χ0) is 21.8. The zero-order valence-corrected chi connectivity index (χ0v) is 16.3. The molecule has 0 aromatic carbocycles. The minimum absolute atomic E-state index is 0.126. The number of nitrogens with two attached hydrogens (primary N) is 1. The first kappa shape index (κ1) is 22.6. The standard InChI is InChI=1S/C20H24F3N5O/c1-4-13(10-24)17-16(26-5-6-27-17)12(3)14-7-11(2)8-15(9-14)28-19(29)18(25)20(21,22)23/h4-6,11,14-15,18H,3,7-9,25H2,1-2H3,(H,28,29)/b13-4-/t11-,14+,15-,18-/m1/s1. The average Bonchev–Trinajstić information content (AvgIpc) is 2.67. The van der Waals surface area contributed by atoms with Crippen LogP contribution in [0.15, 0.2) is 25.0 Å². The highest BCUT2D eigenvalue weighted by atomic mass is 19.4. The molecule has 1 amide bonds. The maximum atomic E-state index is 12.7. The Bertz CT molecular complexity index is 843. The molecule has 1 aliphatic rings. The van der Waals surface area contributed by atoms with Gasteiger partial charge in [-0.05, 0) is 43.6 Å². The highest BCUT2D eigenvalue weighted by molar-refractivity contribution is 5.83. The molecule has 0 unspecified atom stereocenters. The predicted octanol–water partition coefficient (Wildman–Crippen LogP) is 3.23. The van der Waals surface area contributed by atoms with E-state index in [1.807, 2.05) is 6.92 Å². The van der Waals surface area contributed by atoms with Crippen molar-refractivity contribution in [2.24, 2.45) is 17.6 Å². The zero-order valence-electron chi connectivity index (χ0n) is 16.3. The molecule has 9 heteroatoms. The third kappa shape index (κ3) is 5.41. The van der Waals surface area contributed by atoms with Crippen LogP contribution in [0.4, 0.5) is 13.2 Å². The Labute approximate surface area is 167 Å². The Hall–Kier alpha value is -2.73. The van der Waals surface area contributed by atoms with E-state index in [-0.39, 0.29) is 11.8 Å². The highest BCUT2D eigenvalue weighted by Gasteiger charge is 2.43. The number of nitriles is 1. The van der Waals surface area contributed by atoms with Gasteiger partial charge in [0.2, 0.25) is 5.91 Å². The molecule has 0 aliphatic heterocycles. The molecule has 1 aromatic rings. The van der Waals surface area contributed by atoms with E-state index in [0.717, 1.165) is 6.42 Å². The summed E-state index contributed by atoms with van der Waals surface area (Å²) in [6.45, 7) is 7.81. The van der Waals surface area contributed by atoms with Gasteiger partial charge in [0.25, 0.3) is 0 Å². The molecule has 0 saturated heterocycles. The van der Waals surface area contributed by atoms with Gasteiger partial charge in [0.15, 0.2) is 6.04 Å². The summed E-state index contributed by atoms with van der Waals surface area (Å²) in [5.74, 6) is -1.21. The third-order valence-corrected chi connectivity index (χ3v) is 5.08. The molecule has 156 valence electrons. The largest absolute Gasteiger partial charge is 0.412 e. The van der Waals surface area contributed by atoms with Crippen molar-refractivity contribution >= 4 is 17.1 Å². The first-order valence-electron chi connectivity index (χ1n) is 9.28. The molecule has 1 aromatic heterocycles. The summed E-state index contributed by atoms with van der Waals surface area (Å²) < 4.78 is 38.1. The Morgan fingerprint density at radius 2 is 1.97 bits per heavy atom.